The Bertz CT molecular complexity index is 480. The van der Waals surface area contributed by atoms with Gasteiger partial charge in [0.05, 0.1) is 9.75 Å². The predicted octanol–water partition coefficient (Wildman–Crippen LogP) is 2.99. The van der Waals surface area contributed by atoms with Gasteiger partial charge >= 0.3 is 0 Å². The molecule has 0 fully saturated rings. The smallest absolute Gasteiger partial charge is 0.263 e. The second-order valence-electron chi connectivity index (χ2n) is 4.65. The molecule has 0 saturated heterocycles. The van der Waals surface area contributed by atoms with Crippen molar-refractivity contribution >= 4 is 17.2 Å². The number of carbonyl (C=O) groups excluding carboxylic acids is 1. The number of nitrogens with zero attached hydrogens (tertiary/aromatic N) is 1. The Labute approximate surface area is 125 Å². The van der Waals surface area contributed by atoms with E-state index in [1.165, 1.54) is 11.3 Å². The lowest BCUT2D eigenvalue weighted by Crippen LogP contribution is -2.34. The number of hydrogen-bond acceptors (Lipinski definition) is 3. The van der Waals surface area contributed by atoms with Crippen LogP contribution in [0.2, 0.25) is 0 Å². The molecule has 0 atom stereocenters. The molecule has 0 bridgehead atoms. The van der Waals surface area contributed by atoms with E-state index in [1.807, 2.05) is 24.0 Å². The van der Waals surface area contributed by atoms with E-state index in [2.05, 4.69) is 25.7 Å². The first-order valence-electron chi connectivity index (χ1n) is 7.14. The number of amides is 1. The van der Waals surface area contributed by atoms with Crippen molar-refractivity contribution in [1.82, 2.24) is 4.90 Å². The van der Waals surface area contributed by atoms with Gasteiger partial charge in [-0.15, -0.1) is 11.3 Å². The fourth-order valence-electron chi connectivity index (χ4n) is 2.02. The Morgan fingerprint density at radius 1 is 1.35 bits per heavy atom. The topological polar surface area (TPSA) is 40.5 Å². The molecule has 1 N–H and O–H groups in total. The Morgan fingerprint density at radius 3 is 2.60 bits per heavy atom. The van der Waals surface area contributed by atoms with Crippen LogP contribution in [0, 0.1) is 17.8 Å². The van der Waals surface area contributed by atoms with Crippen LogP contribution in [-0.4, -0.2) is 35.6 Å². The van der Waals surface area contributed by atoms with Gasteiger partial charge in [0.15, 0.2) is 0 Å². The van der Waals surface area contributed by atoms with Crippen molar-refractivity contribution in [3.63, 3.8) is 0 Å². The first-order chi connectivity index (χ1) is 9.65. The Kier molecular flexibility index (Phi) is 7.35. The maximum atomic E-state index is 12.5. The quantitative estimate of drug-likeness (QED) is 0.819. The van der Waals surface area contributed by atoms with E-state index in [9.17, 15) is 4.79 Å². The summed E-state index contributed by atoms with van der Waals surface area (Å²) >= 11 is 1.39. The van der Waals surface area contributed by atoms with Gasteiger partial charge in [-0.2, -0.15) is 0 Å². The highest BCUT2D eigenvalue weighted by atomic mass is 32.1. The molecule has 0 aliphatic heterocycles. The van der Waals surface area contributed by atoms with Crippen LogP contribution in [0.5, 0.6) is 0 Å². The van der Waals surface area contributed by atoms with Gasteiger partial charge in [0, 0.05) is 13.1 Å². The third kappa shape index (κ3) is 4.66. The lowest BCUT2D eigenvalue weighted by atomic mass is 10.0. The molecule has 3 nitrogen and oxygen atoms in total. The highest BCUT2D eigenvalue weighted by molar-refractivity contribution is 7.14. The van der Waals surface area contributed by atoms with Crippen LogP contribution in [0.15, 0.2) is 12.1 Å². The van der Waals surface area contributed by atoms with Crippen molar-refractivity contribution in [2.24, 2.45) is 5.92 Å². The van der Waals surface area contributed by atoms with E-state index >= 15 is 0 Å². The summed E-state index contributed by atoms with van der Waals surface area (Å²) in [5.41, 5.74) is 0. The zero-order valence-electron chi connectivity index (χ0n) is 12.5. The van der Waals surface area contributed by atoms with Gasteiger partial charge in [0.25, 0.3) is 5.91 Å². The molecule has 0 aliphatic carbocycles. The lowest BCUT2D eigenvalue weighted by Gasteiger charge is -2.24. The van der Waals surface area contributed by atoms with Gasteiger partial charge in [0.1, 0.15) is 6.61 Å². The van der Waals surface area contributed by atoms with Gasteiger partial charge < -0.3 is 10.0 Å². The van der Waals surface area contributed by atoms with E-state index in [1.54, 1.807) is 0 Å². The number of hydrogen-bond donors (Lipinski definition) is 1. The van der Waals surface area contributed by atoms with Gasteiger partial charge in [0.2, 0.25) is 0 Å². The van der Waals surface area contributed by atoms with Crippen molar-refractivity contribution in [1.29, 1.82) is 0 Å². The van der Waals surface area contributed by atoms with Crippen molar-refractivity contribution in [2.45, 2.75) is 33.6 Å². The predicted molar refractivity (Wildman–Crippen MR) is 83.9 cm³/mol. The average molecular weight is 293 g/mol. The summed E-state index contributed by atoms with van der Waals surface area (Å²) < 4.78 is 0. The second-order valence-corrected chi connectivity index (χ2v) is 5.73. The number of aliphatic hydroxyl groups excluding tert-OH is 1. The third-order valence-corrected chi connectivity index (χ3v) is 4.40. The first-order valence-corrected chi connectivity index (χ1v) is 7.96. The van der Waals surface area contributed by atoms with Crippen LogP contribution in [-0.2, 0) is 0 Å². The number of aliphatic hydroxyl groups is 1. The van der Waals surface area contributed by atoms with Gasteiger partial charge in [-0.25, -0.2) is 0 Å². The van der Waals surface area contributed by atoms with E-state index in [4.69, 9.17) is 5.11 Å². The molecular formula is C16H23NO2S. The summed E-state index contributed by atoms with van der Waals surface area (Å²) in [6.07, 6.45) is 2.19. The zero-order chi connectivity index (χ0) is 15.0. The van der Waals surface area contributed by atoms with Crippen molar-refractivity contribution in [2.75, 3.05) is 19.7 Å². The molecule has 0 aliphatic rings. The molecule has 1 amide bonds. The van der Waals surface area contributed by atoms with E-state index in [0.717, 1.165) is 35.7 Å². The summed E-state index contributed by atoms with van der Waals surface area (Å²) in [7, 11) is 0. The molecule has 1 aromatic heterocycles. The Morgan fingerprint density at radius 2 is 2.05 bits per heavy atom. The van der Waals surface area contributed by atoms with Gasteiger partial charge in [-0.05, 0) is 25.0 Å². The maximum absolute atomic E-state index is 12.5. The Hall–Kier alpha value is -1.31. The molecule has 0 spiro atoms. The van der Waals surface area contributed by atoms with Crippen molar-refractivity contribution in [3.05, 3.63) is 21.9 Å². The molecule has 1 aromatic rings. The summed E-state index contributed by atoms with van der Waals surface area (Å²) in [5, 5.41) is 8.68. The zero-order valence-corrected chi connectivity index (χ0v) is 13.3. The first kappa shape index (κ1) is 16.7. The second kappa shape index (κ2) is 8.78. The van der Waals surface area contributed by atoms with Crippen molar-refractivity contribution in [3.8, 4) is 11.8 Å². The Balaban J connectivity index is 2.77. The molecule has 0 saturated carbocycles. The summed E-state index contributed by atoms with van der Waals surface area (Å²) in [6, 6.07) is 3.66. The average Bonchev–Trinajstić information content (AvgIpc) is 2.94. The van der Waals surface area contributed by atoms with Crippen LogP contribution < -0.4 is 0 Å². The van der Waals surface area contributed by atoms with Gasteiger partial charge in [-0.3, -0.25) is 4.79 Å². The molecule has 0 aromatic carbocycles. The van der Waals surface area contributed by atoms with Crippen LogP contribution in [0.4, 0.5) is 0 Å². The number of rotatable bonds is 6. The number of carbonyl (C=O) groups is 1. The highest BCUT2D eigenvalue weighted by Crippen LogP contribution is 2.19. The van der Waals surface area contributed by atoms with E-state index in [0.29, 0.717) is 5.92 Å². The molecule has 4 heteroatoms. The SMILES string of the molecule is CCC(CC)CN(CC)C(=O)c1ccc(C#CCO)s1. The summed E-state index contributed by atoms with van der Waals surface area (Å²) in [5.74, 6) is 6.09. The molecule has 1 heterocycles. The van der Waals surface area contributed by atoms with E-state index < -0.39 is 0 Å². The summed E-state index contributed by atoms with van der Waals surface area (Å²) in [6.45, 7) is 7.74. The van der Waals surface area contributed by atoms with E-state index in [-0.39, 0.29) is 12.5 Å². The number of thiophene rings is 1. The van der Waals surface area contributed by atoms with Crippen molar-refractivity contribution < 1.29 is 9.90 Å². The molecular weight excluding hydrogens is 270 g/mol. The summed E-state index contributed by atoms with van der Waals surface area (Å²) in [4.78, 5) is 15.9. The lowest BCUT2D eigenvalue weighted by molar-refractivity contribution is 0.0740. The monoisotopic (exact) mass is 293 g/mol. The van der Waals surface area contributed by atoms with Crippen LogP contribution in [0.25, 0.3) is 0 Å². The van der Waals surface area contributed by atoms with Crippen LogP contribution in [0.1, 0.15) is 48.2 Å². The minimum Gasteiger partial charge on any atom is -0.384 e. The minimum absolute atomic E-state index is 0.0847. The fraction of sp³-hybridized carbons (Fsp3) is 0.562. The molecule has 20 heavy (non-hydrogen) atoms. The maximum Gasteiger partial charge on any atom is 0.263 e. The van der Waals surface area contributed by atoms with Gasteiger partial charge in [-0.1, -0.05) is 38.5 Å². The third-order valence-electron chi connectivity index (χ3n) is 3.41. The molecule has 110 valence electrons. The molecule has 0 unspecified atom stereocenters. The van der Waals surface area contributed by atoms with Crippen LogP contribution >= 0.6 is 11.3 Å². The fourth-order valence-corrected chi connectivity index (χ4v) is 2.87. The largest absolute Gasteiger partial charge is 0.384 e. The normalized spacial score (nSPS) is 10.2. The standard InChI is InChI=1S/C16H23NO2S/c1-4-13(5-2)12-17(6-3)16(19)15-10-9-14(20-15)8-7-11-18/h9-10,13,18H,4-6,11-12H2,1-3H3. The highest BCUT2D eigenvalue weighted by Gasteiger charge is 2.18. The van der Waals surface area contributed by atoms with Crippen LogP contribution in [0.3, 0.4) is 0 Å². The molecule has 0 radical (unpaired) electrons. The molecule has 1 rings (SSSR count). The minimum atomic E-state index is -0.156.